The van der Waals surface area contributed by atoms with Crippen LogP contribution >= 0.6 is 11.3 Å². The molecule has 1 saturated carbocycles. The third-order valence-corrected chi connectivity index (χ3v) is 4.75. The zero-order valence-electron chi connectivity index (χ0n) is 10.9. The molecule has 0 aromatic carbocycles. The highest BCUT2D eigenvalue weighted by Gasteiger charge is 2.29. The number of hydrogen-bond donors (Lipinski definition) is 2. The molecule has 1 fully saturated rings. The first-order chi connectivity index (χ1) is 8.72. The van der Waals surface area contributed by atoms with Gasteiger partial charge in [-0.15, -0.1) is 11.3 Å². The van der Waals surface area contributed by atoms with E-state index < -0.39 is 0 Å². The molecule has 0 saturated heterocycles. The first kappa shape index (κ1) is 13.6. The van der Waals surface area contributed by atoms with Crippen molar-refractivity contribution in [1.29, 1.82) is 0 Å². The topological polar surface area (TPSA) is 55.1 Å². The normalized spacial score (nSPS) is 19.7. The Hall–Kier alpha value is -0.870. The SMILES string of the molecule is CCC(N)C(=O)NC(c1cccs1)C1CCCC1. The van der Waals surface area contributed by atoms with E-state index >= 15 is 0 Å². The maximum Gasteiger partial charge on any atom is 0.237 e. The monoisotopic (exact) mass is 266 g/mol. The molecule has 2 unspecified atom stereocenters. The van der Waals surface area contributed by atoms with Gasteiger partial charge >= 0.3 is 0 Å². The molecule has 1 aliphatic carbocycles. The molecule has 2 rings (SSSR count). The molecule has 4 heteroatoms. The van der Waals surface area contributed by atoms with Gasteiger partial charge in [0, 0.05) is 4.88 Å². The minimum Gasteiger partial charge on any atom is -0.347 e. The van der Waals surface area contributed by atoms with Crippen molar-refractivity contribution >= 4 is 17.2 Å². The Morgan fingerprint density at radius 3 is 2.83 bits per heavy atom. The van der Waals surface area contributed by atoms with E-state index in [1.54, 1.807) is 11.3 Å². The predicted octanol–water partition coefficient (Wildman–Crippen LogP) is 2.83. The predicted molar refractivity (Wildman–Crippen MR) is 75.4 cm³/mol. The molecule has 1 heterocycles. The summed E-state index contributed by atoms with van der Waals surface area (Å²) in [6.45, 7) is 1.94. The molecule has 2 atom stereocenters. The molecule has 18 heavy (non-hydrogen) atoms. The Bertz CT molecular complexity index is 371. The summed E-state index contributed by atoms with van der Waals surface area (Å²) in [7, 11) is 0. The first-order valence-electron chi connectivity index (χ1n) is 6.81. The highest BCUT2D eigenvalue weighted by atomic mass is 32.1. The summed E-state index contributed by atoms with van der Waals surface area (Å²) in [6, 6.07) is 3.95. The van der Waals surface area contributed by atoms with E-state index in [0.29, 0.717) is 12.3 Å². The van der Waals surface area contributed by atoms with Crippen molar-refractivity contribution in [3.63, 3.8) is 0 Å². The molecule has 0 spiro atoms. The van der Waals surface area contributed by atoms with Gasteiger partial charge in [-0.25, -0.2) is 0 Å². The molecule has 0 aliphatic heterocycles. The molecule has 1 amide bonds. The zero-order chi connectivity index (χ0) is 13.0. The average Bonchev–Trinajstić information content (AvgIpc) is 3.06. The van der Waals surface area contributed by atoms with Gasteiger partial charge in [0.25, 0.3) is 0 Å². The van der Waals surface area contributed by atoms with Crippen LogP contribution in [0, 0.1) is 5.92 Å². The standard InChI is InChI=1S/C14H22N2OS/c1-2-11(15)14(17)16-13(10-6-3-4-7-10)12-8-5-9-18-12/h5,8-11,13H,2-4,6-7,15H2,1H3,(H,16,17). The van der Waals surface area contributed by atoms with Gasteiger partial charge in [-0.1, -0.05) is 25.8 Å². The summed E-state index contributed by atoms with van der Waals surface area (Å²) in [4.78, 5) is 13.3. The average molecular weight is 266 g/mol. The maximum absolute atomic E-state index is 12.0. The minimum atomic E-state index is -0.381. The van der Waals surface area contributed by atoms with Gasteiger partial charge in [-0.3, -0.25) is 4.79 Å². The number of nitrogens with one attached hydrogen (secondary N) is 1. The lowest BCUT2D eigenvalue weighted by Crippen LogP contribution is -2.43. The third-order valence-electron chi connectivity index (χ3n) is 3.80. The van der Waals surface area contributed by atoms with Gasteiger partial charge in [0.05, 0.1) is 12.1 Å². The van der Waals surface area contributed by atoms with Crippen LogP contribution in [0.3, 0.4) is 0 Å². The third kappa shape index (κ3) is 3.12. The van der Waals surface area contributed by atoms with E-state index in [2.05, 4.69) is 16.8 Å². The lowest BCUT2D eigenvalue weighted by atomic mass is 9.96. The van der Waals surface area contributed by atoms with Crippen LogP contribution in [0.2, 0.25) is 0 Å². The van der Waals surface area contributed by atoms with Gasteiger partial charge in [0.1, 0.15) is 0 Å². The van der Waals surface area contributed by atoms with Gasteiger partial charge in [-0.2, -0.15) is 0 Å². The van der Waals surface area contributed by atoms with Crippen LogP contribution in [-0.2, 0) is 4.79 Å². The van der Waals surface area contributed by atoms with Gasteiger partial charge < -0.3 is 11.1 Å². The van der Waals surface area contributed by atoms with E-state index in [-0.39, 0.29) is 18.0 Å². The van der Waals surface area contributed by atoms with Crippen molar-refractivity contribution in [1.82, 2.24) is 5.32 Å². The van der Waals surface area contributed by atoms with E-state index in [0.717, 1.165) is 0 Å². The lowest BCUT2D eigenvalue weighted by molar-refractivity contribution is -0.123. The summed E-state index contributed by atoms with van der Waals surface area (Å²) in [6.07, 6.45) is 5.67. The maximum atomic E-state index is 12.0. The van der Waals surface area contributed by atoms with Crippen molar-refractivity contribution < 1.29 is 4.79 Å². The second kappa shape index (κ2) is 6.34. The summed E-state index contributed by atoms with van der Waals surface area (Å²) in [5.41, 5.74) is 5.81. The molecule has 0 bridgehead atoms. The zero-order valence-corrected chi connectivity index (χ0v) is 11.7. The summed E-state index contributed by atoms with van der Waals surface area (Å²) < 4.78 is 0. The fraction of sp³-hybridized carbons (Fsp3) is 0.643. The summed E-state index contributed by atoms with van der Waals surface area (Å²) in [5, 5.41) is 5.23. The quantitative estimate of drug-likeness (QED) is 0.861. The lowest BCUT2D eigenvalue weighted by Gasteiger charge is -2.25. The van der Waals surface area contributed by atoms with Crippen LogP contribution in [0.15, 0.2) is 17.5 Å². The Morgan fingerprint density at radius 2 is 2.28 bits per heavy atom. The van der Waals surface area contributed by atoms with Crippen molar-refractivity contribution in [3.05, 3.63) is 22.4 Å². The van der Waals surface area contributed by atoms with Crippen LogP contribution in [0.1, 0.15) is 49.9 Å². The molecule has 100 valence electrons. The number of amides is 1. The van der Waals surface area contributed by atoms with E-state index in [4.69, 9.17) is 5.73 Å². The number of rotatable bonds is 5. The molecule has 0 radical (unpaired) electrons. The Kier molecular flexibility index (Phi) is 4.78. The number of carbonyl (C=O) groups is 1. The van der Waals surface area contributed by atoms with E-state index in [1.165, 1.54) is 30.6 Å². The summed E-state index contributed by atoms with van der Waals surface area (Å²) >= 11 is 1.72. The molecule has 1 aromatic heterocycles. The van der Waals surface area contributed by atoms with Gasteiger partial charge in [0.2, 0.25) is 5.91 Å². The largest absolute Gasteiger partial charge is 0.347 e. The van der Waals surface area contributed by atoms with E-state index in [1.807, 2.05) is 13.0 Å². The first-order valence-corrected chi connectivity index (χ1v) is 7.69. The fourth-order valence-corrected chi connectivity index (χ4v) is 3.50. The Labute approximate surface area is 113 Å². The van der Waals surface area contributed by atoms with E-state index in [9.17, 15) is 4.79 Å². The van der Waals surface area contributed by atoms with Gasteiger partial charge in [0.15, 0.2) is 0 Å². The fourth-order valence-electron chi connectivity index (χ4n) is 2.63. The second-order valence-electron chi connectivity index (χ2n) is 5.06. The second-order valence-corrected chi connectivity index (χ2v) is 6.04. The highest BCUT2D eigenvalue weighted by Crippen LogP contribution is 2.37. The number of nitrogens with two attached hydrogens (primary N) is 1. The smallest absolute Gasteiger partial charge is 0.237 e. The summed E-state index contributed by atoms with van der Waals surface area (Å²) in [5.74, 6) is 0.569. The van der Waals surface area contributed by atoms with Crippen molar-refractivity contribution in [3.8, 4) is 0 Å². The minimum absolute atomic E-state index is 0.0113. The molecule has 1 aromatic rings. The molecular formula is C14H22N2OS. The van der Waals surface area contributed by atoms with Crippen LogP contribution in [0.25, 0.3) is 0 Å². The van der Waals surface area contributed by atoms with Crippen LogP contribution in [0.5, 0.6) is 0 Å². The van der Waals surface area contributed by atoms with Crippen molar-refractivity contribution in [2.24, 2.45) is 11.7 Å². The van der Waals surface area contributed by atoms with Crippen LogP contribution in [0.4, 0.5) is 0 Å². The van der Waals surface area contributed by atoms with Crippen LogP contribution < -0.4 is 11.1 Å². The molecule has 3 nitrogen and oxygen atoms in total. The molecule has 3 N–H and O–H groups in total. The van der Waals surface area contributed by atoms with Crippen molar-refractivity contribution in [2.45, 2.75) is 51.1 Å². The Balaban J connectivity index is 2.07. The Morgan fingerprint density at radius 1 is 1.56 bits per heavy atom. The van der Waals surface area contributed by atoms with Crippen molar-refractivity contribution in [2.75, 3.05) is 0 Å². The molecular weight excluding hydrogens is 244 g/mol. The van der Waals surface area contributed by atoms with Crippen LogP contribution in [-0.4, -0.2) is 11.9 Å². The molecule has 1 aliphatic rings. The number of thiophene rings is 1. The number of carbonyl (C=O) groups excluding carboxylic acids is 1. The highest BCUT2D eigenvalue weighted by molar-refractivity contribution is 7.10. The number of hydrogen-bond acceptors (Lipinski definition) is 3. The van der Waals surface area contributed by atoms with Gasteiger partial charge in [-0.05, 0) is 36.6 Å².